The van der Waals surface area contributed by atoms with E-state index in [0.29, 0.717) is 6.04 Å². The molecule has 2 nitrogen and oxygen atoms in total. The van der Waals surface area contributed by atoms with Crippen molar-refractivity contribution in [1.82, 2.24) is 5.32 Å². The Morgan fingerprint density at radius 1 is 1.67 bits per heavy atom. The van der Waals surface area contributed by atoms with E-state index in [2.05, 4.69) is 17.6 Å². The molecule has 0 spiro atoms. The summed E-state index contributed by atoms with van der Waals surface area (Å²) in [5.41, 5.74) is 1.22. The van der Waals surface area contributed by atoms with E-state index in [1.807, 2.05) is 6.07 Å². The lowest BCUT2D eigenvalue weighted by molar-refractivity contribution is 0.572. The lowest BCUT2D eigenvalue weighted by Gasteiger charge is -2.11. The van der Waals surface area contributed by atoms with Gasteiger partial charge in [-0.05, 0) is 36.9 Å². The van der Waals surface area contributed by atoms with Crippen molar-refractivity contribution in [2.24, 2.45) is 0 Å². The van der Waals surface area contributed by atoms with Gasteiger partial charge in [0.15, 0.2) is 0 Å². The van der Waals surface area contributed by atoms with Gasteiger partial charge >= 0.3 is 0 Å². The summed E-state index contributed by atoms with van der Waals surface area (Å²) in [7, 11) is -0.680. The molecule has 15 heavy (non-hydrogen) atoms. The predicted octanol–water partition coefficient (Wildman–Crippen LogP) is 2.82. The van der Waals surface area contributed by atoms with Crippen LogP contribution in [0.5, 0.6) is 0 Å². The Labute approximate surface area is 102 Å². The molecule has 0 aliphatic carbocycles. The zero-order chi connectivity index (χ0) is 11.3. The van der Waals surface area contributed by atoms with Crippen LogP contribution in [0.25, 0.3) is 0 Å². The van der Waals surface area contributed by atoms with Crippen molar-refractivity contribution in [3.05, 3.63) is 21.3 Å². The lowest BCUT2D eigenvalue weighted by Crippen LogP contribution is -2.20. The molecular formula is C10H16ClNOS2. The van der Waals surface area contributed by atoms with Crippen molar-refractivity contribution < 1.29 is 4.21 Å². The van der Waals surface area contributed by atoms with Crippen LogP contribution in [0.3, 0.4) is 0 Å². The molecule has 1 aromatic heterocycles. The van der Waals surface area contributed by atoms with E-state index >= 15 is 0 Å². The van der Waals surface area contributed by atoms with E-state index < -0.39 is 10.8 Å². The van der Waals surface area contributed by atoms with E-state index in [-0.39, 0.29) is 0 Å². The van der Waals surface area contributed by atoms with Crippen molar-refractivity contribution in [3.8, 4) is 0 Å². The number of thiophene rings is 1. The summed E-state index contributed by atoms with van der Waals surface area (Å²) in [6.07, 6.45) is 2.69. The number of nitrogens with one attached hydrogen (secondary N) is 1. The number of hydrogen-bond acceptors (Lipinski definition) is 3. The third kappa shape index (κ3) is 5.11. The standard InChI is InChI=1S/C10H16ClNOS2/c1-8(9-6-10(11)14-7-9)12-4-3-5-15(2)13/h6-8,12H,3-5H2,1-2H3. The third-order valence-electron chi connectivity index (χ3n) is 2.15. The van der Waals surface area contributed by atoms with E-state index in [0.717, 1.165) is 23.1 Å². The Hall–Kier alpha value is 0.1000. The molecule has 0 bridgehead atoms. The average Bonchev–Trinajstić information content (AvgIpc) is 2.59. The second kappa shape index (κ2) is 6.63. The maximum atomic E-state index is 10.8. The minimum Gasteiger partial charge on any atom is -0.310 e. The molecule has 1 N–H and O–H groups in total. The molecule has 1 rings (SSSR count). The van der Waals surface area contributed by atoms with Crippen LogP contribution in [0.1, 0.15) is 24.9 Å². The minimum atomic E-state index is -0.680. The van der Waals surface area contributed by atoms with Crippen LogP contribution >= 0.6 is 22.9 Å². The molecule has 2 unspecified atom stereocenters. The quantitative estimate of drug-likeness (QED) is 0.802. The Morgan fingerprint density at radius 3 is 2.93 bits per heavy atom. The molecular weight excluding hydrogens is 250 g/mol. The molecule has 0 fully saturated rings. The largest absolute Gasteiger partial charge is 0.310 e. The van der Waals surface area contributed by atoms with Crippen LogP contribution in [0.15, 0.2) is 11.4 Å². The Balaban J connectivity index is 2.24. The fourth-order valence-corrected chi connectivity index (χ4v) is 2.80. The van der Waals surface area contributed by atoms with Crippen LogP contribution in [-0.4, -0.2) is 22.8 Å². The smallest absolute Gasteiger partial charge is 0.0931 e. The number of hydrogen-bond donors (Lipinski definition) is 1. The summed E-state index contributed by atoms with van der Waals surface area (Å²) in [4.78, 5) is 0. The lowest BCUT2D eigenvalue weighted by atomic mass is 10.2. The van der Waals surface area contributed by atoms with Crippen LogP contribution in [0, 0.1) is 0 Å². The summed E-state index contributed by atoms with van der Waals surface area (Å²) < 4.78 is 11.7. The minimum absolute atomic E-state index is 0.319. The molecule has 0 aliphatic heterocycles. The van der Waals surface area contributed by atoms with Crippen molar-refractivity contribution >= 4 is 33.7 Å². The maximum absolute atomic E-state index is 10.8. The first-order valence-corrected chi connectivity index (χ1v) is 7.85. The van der Waals surface area contributed by atoms with Crippen LogP contribution in [0.2, 0.25) is 4.34 Å². The van der Waals surface area contributed by atoms with Crippen molar-refractivity contribution in [2.45, 2.75) is 19.4 Å². The van der Waals surface area contributed by atoms with Gasteiger partial charge in [0, 0.05) is 28.9 Å². The van der Waals surface area contributed by atoms with E-state index in [1.165, 1.54) is 5.56 Å². The highest BCUT2D eigenvalue weighted by molar-refractivity contribution is 7.84. The Kier molecular flexibility index (Phi) is 5.82. The molecule has 5 heteroatoms. The molecule has 1 aromatic rings. The highest BCUT2D eigenvalue weighted by atomic mass is 35.5. The van der Waals surface area contributed by atoms with Gasteiger partial charge in [-0.3, -0.25) is 4.21 Å². The predicted molar refractivity (Wildman–Crippen MR) is 69.3 cm³/mol. The third-order valence-corrected chi connectivity index (χ3v) is 4.12. The molecule has 86 valence electrons. The highest BCUT2D eigenvalue weighted by Gasteiger charge is 2.06. The van der Waals surface area contributed by atoms with Gasteiger partial charge in [-0.15, -0.1) is 11.3 Å². The molecule has 1 heterocycles. The molecule has 0 aromatic carbocycles. The van der Waals surface area contributed by atoms with Crippen LogP contribution in [-0.2, 0) is 10.8 Å². The average molecular weight is 266 g/mol. The summed E-state index contributed by atoms with van der Waals surface area (Å²) in [5, 5.41) is 5.45. The van der Waals surface area contributed by atoms with Gasteiger partial charge in [-0.25, -0.2) is 0 Å². The molecule has 0 saturated heterocycles. The van der Waals surface area contributed by atoms with Crippen molar-refractivity contribution in [3.63, 3.8) is 0 Å². The molecule has 0 aliphatic rings. The number of halogens is 1. The van der Waals surface area contributed by atoms with E-state index in [4.69, 9.17) is 11.6 Å². The van der Waals surface area contributed by atoms with Gasteiger partial charge in [-0.2, -0.15) is 0 Å². The first kappa shape index (κ1) is 13.2. The zero-order valence-electron chi connectivity index (χ0n) is 8.96. The van der Waals surface area contributed by atoms with Gasteiger partial charge in [0.1, 0.15) is 0 Å². The summed E-state index contributed by atoms with van der Waals surface area (Å²) in [6.45, 7) is 3.01. The van der Waals surface area contributed by atoms with Crippen molar-refractivity contribution in [2.75, 3.05) is 18.6 Å². The summed E-state index contributed by atoms with van der Waals surface area (Å²) in [6, 6.07) is 2.31. The Morgan fingerprint density at radius 2 is 2.40 bits per heavy atom. The fourth-order valence-electron chi connectivity index (χ4n) is 1.26. The van der Waals surface area contributed by atoms with Gasteiger partial charge in [0.25, 0.3) is 0 Å². The van der Waals surface area contributed by atoms with Gasteiger partial charge in [-0.1, -0.05) is 11.6 Å². The summed E-state index contributed by atoms with van der Waals surface area (Å²) in [5.74, 6) is 0.768. The van der Waals surface area contributed by atoms with E-state index in [9.17, 15) is 4.21 Å². The number of rotatable bonds is 6. The molecule has 0 saturated carbocycles. The van der Waals surface area contributed by atoms with Gasteiger partial charge in [0.05, 0.1) is 4.34 Å². The van der Waals surface area contributed by atoms with Crippen LogP contribution < -0.4 is 5.32 Å². The molecule has 2 atom stereocenters. The molecule has 0 radical (unpaired) electrons. The SMILES string of the molecule is CC(NCCCS(C)=O)c1csc(Cl)c1. The Bertz CT molecular complexity index is 327. The summed E-state index contributed by atoms with van der Waals surface area (Å²) >= 11 is 7.41. The van der Waals surface area contributed by atoms with E-state index in [1.54, 1.807) is 17.6 Å². The zero-order valence-corrected chi connectivity index (χ0v) is 11.3. The first-order chi connectivity index (χ1) is 7.09. The monoisotopic (exact) mass is 265 g/mol. The first-order valence-electron chi connectivity index (χ1n) is 4.87. The normalized spacial score (nSPS) is 15.1. The van der Waals surface area contributed by atoms with Crippen molar-refractivity contribution in [1.29, 1.82) is 0 Å². The van der Waals surface area contributed by atoms with Gasteiger partial charge in [0.2, 0.25) is 0 Å². The van der Waals surface area contributed by atoms with Gasteiger partial charge < -0.3 is 5.32 Å². The van der Waals surface area contributed by atoms with Crippen LogP contribution in [0.4, 0.5) is 0 Å². The highest BCUT2D eigenvalue weighted by Crippen LogP contribution is 2.24. The second-order valence-corrected chi connectivity index (χ2v) is 6.59. The fraction of sp³-hybridized carbons (Fsp3) is 0.600. The topological polar surface area (TPSA) is 29.1 Å². The maximum Gasteiger partial charge on any atom is 0.0931 e. The second-order valence-electron chi connectivity index (χ2n) is 3.49. The molecule has 0 amide bonds.